The largest absolute Gasteiger partial charge is 0.416 e. The first-order valence-corrected chi connectivity index (χ1v) is 6.86. The fourth-order valence-corrected chi connectivity index (χ4v) is 2.67. The van der Waals surface area contributed by atoms with Gasteiger partial charge in [-0.25, -0.2) is 0 Å². The zero-order valence-corrected chi connectivity index (χ0v) is 11.7. The van der Waals surface area contributed by atoms with Gasteiger partial charge >= 0.3 is 6.18 Å². The zero-order valence-electron chi connectivity index (χ0n) is 11.7. The Morgan fingerprint density at radius 1 is 1.33 bits per heavy atom. The second-order valence-corrected chi connectivity index (χ2v) is 5.47. The molecule has 6 heteroatoms. The lowest BCUT2D eigenvalue weighted by molar-refractivity contribution is -0.137. The summed E-state index contributed by atoms with van der Waals surface area (Å²) in [5.74, 6) is 0.0579. The Bertz CT molecular complexity index is 499. The van der Waals surface area contributed by atoms with Crippen molar-refractivity contribution in [2.75, 3.05) is 13.1 Å². The number of nitrogens with zero attached hydrogens (tertiary/aromatic N) is 1. The molecule has 1 aromatic rings. The van der Waals surface area contributed by atoms with Gasteiger partial charge in [-0.1, -0.05) is 12.1 Å². The SMILES string of the molecule is CC(=O)CCN1CC(O)CC1c1ccc(C(F)(F)F)cc1. The van der Waals surface area contributed by atoms with Gasteiger partial charge in [0, 0.05) is 25.6 Å². The van der Waals surface area contributed by atoms with Crippen molar-refractivity contribution >= 4 is 5.78 Å². The Morgan fingerprint density at radius 3 is 2.48 bits per heavy atom. The predicted octanol–water partition coefficient (Wildman–Crippen LogP) is 2.79. The summed E-state index contributed by atoms with van der Waals surface area (Å²) in [6.07, 6.45) is -4.00. The van der Waals surface area contributed by atoms with Gasteiger partial charge in [-0.05, 0) is 31.0 Å². The number of benzene rings is 1. The van der Waals surface area contributed by atoms with E-state index < -0.39 is 17.8 Å². The van der Waals surface area contributed by atoms with Gasteiger partial charge in [-0.2, -0.15) is 13.2 Å². The molecular formula is C15H18F3NO2. The van der Waals surface area contributed by atoms with Gasteiger partial charge in [0.1, 0.15) is 5.78 Å². The number of likely N-dealkylation sites (tertiary alicyclic amines) is 1. The number of hydrogen-bond acceptors (Lipinski definition) is 3. The number of Topliss-reactive ketones (excluding diaryl/α,β-unsaturated/α-hetero) is 1. The highest BCUT2D eigenvalue weighted by Gasteiger charge is 2.33. The molecule has 0 spiro atoms. The molecule has 21 heavy (non-hydrogen) atoms. The molecule has 0 aliphatic carbocycles. The summed E-state index contributed by atoms with van der Waals surface area (Å²) in [4.78, 5) is 13.0. The van der Waals surface area contributed by atoms with Crippen molar-refractivity contribution in [2.45, 2.75) is 38.1 Å². The highest BCUT2D eigenvalue weighted by Crippen LogP contribution is 2.34. The number of hydrogen-bond donors (Lipinski definition) is 1. The molecule has 0 aromatic heterocycles. The molecule has 116 valence electrons. The van der Waals surface area contributed by atoms with Crippen LogP contribution in [0.4, 0.5) is 13.2 Å². The minimum absolute atomic E-state index is 0.0579. The number of alkyl halides is 3. The Labute approximate surface area is 121 Å². The molecule has 2 rings (SSSR count). The molecule has 3 nitrogen and oxygen atoms in total. The van der Waals surface area contributed by atoms with E-state index in [2.05, 4.69) is 0 Å². The lowest BCUT2D eigenvalue weighted by Gasteiger charge is -2.24. The van der Waals surface area contributed by atoms with Gasteiger partial charge in [0.25, 0.3) is 0 Å². The maximum atomic E-state index is 12.6. The van der Waals surface area contributed by atoms with E-state index in [1.807, 2.05) is 4.90 Å². The molecule has 2 unspecified atom stereocenters. The first kappa shape index (κ1) is 16.0. The van der Waals surface area contributed by atoms with Gasteiger partial charge < -0.3 is 5.11 Å². The summed E-state index contributed by atoms with van der Waals surface area (Å²) in [6, 6.07) is 4.88. The summed E-state index contributed by atoms with van der Waals surface area (Å²) in [7, 11) is 0. The van der Waals surface area contributed by atoms with E-state index in [9.17, 15) is 23.1 Å². The minimum Gasteiger partial charge on any atom is -0.392 e. The van der Waals surface area contributed by atoms with Crippen LogP contribution in [-0.2, 0) is 11.0 Å². The molecule has 1 aliphatic heterocycles. The number of halogens is 3. The van der Waals surface area contributed by atoms with Crippen molar-refractivity contribution < 1.29 is 23.1 Å². The van der Waals surface area contributed by atoms with E-state index in [1.165, 1.54) is 19.1 Å². The van der Waals surface area contributed by atoms with Gasteiger partial charge in [-0.3, -0.25) is 9.69 Å². The average Bonchev–Trinajstić information content (AvgIpc) is 2.77. The van der Waals surface area contributed by atoms with E-state index in [4.69, 9.17) is 0 Å². The van der Waals surface area contributed by atoms with Crippen LogP contribution in [0.2, 0.25) is 0 Å². The molecule has 1 fully saturated rings. The van der Waals surface area contributed by atoms with E-state index >= 15 is 0 Å². The van der Waals surface area contributed by atoms with Crippen LogP contribution in [-0.4, -0.2) is 35.0 Å². The summed E-state index contributed by atoms with van der Waals surface area (Å²) < 4.78 is 37.7. The molecular weight excluding hydrogens is 283 g/mol. The van der Waals surface area contributed by atoms with Gasteiger partial charge in [0.05, 0.1) is 11.7 Å². The number of aliphatic hydroxyl groups is 1. The fourth-order valence-electron chi connectivity index (χ4n) is 2.67. The molecule has 1 aromatic carbocycles. The third kappa shape index (κ3) is 4.04. The van der Waals surface area contributed by atoms with E-state index in [0.717, 1.165) is 17.7 Å². The van der Waals surface area contributed by atoms with Crippen LogP contribution in [0.15, 0.2) is 24.3 Å². The normalized spacial score (nSPS) is 23.5. The summed E-state index contributed by atoms with van der Waals surface area (Å²) in [5.41, 5.74) is 0.0585. The van der Waals surface area contributed by atoms with Gasteiger partial charge in [0.2, 0.25) is 0 Å². The topological polar surface area (TPSA) is 40.5 Å². The molecule has 0 radical (unpaired) electrons. The van der Waals surface area contributed by atoms with E-state index in [1.54, 1.807) is 0 Å². The number of aliphatic hydroxyl groups excluding tert-OH is 1. The lowest BCUT2D eigenvalue weighted by atomic mass is 10.0. The second-order valence-electron chi connectivity index (χ2n) is 5.47. The van der Waals surface area contributed by atoms with Gasteiger partial charge in [-0.15, -0.1) is 0 Å². The maximum Gasteiger partial charge on any atom is 0.416 e. The van der Waals surface area contributed by atoms with Crippen LogP contribution in [0.3, 0.4) is 0 Å². The van der Waals surface area contributed by atoms with Crippen molar-refractivity contribution in [3.05, 3.63) is 35.4 Å². The highest BCUT2D eigenvalue weighted by molar-refractivity contribution is 5.75. The molecule has 2 atom stereocenters. The van der Waals surface area contributed by atoms with Crippen molar-refractivity contribution in [3.63, 3.8) is 0 Å². The number of carbonyl (C=O) groups is 1. The van der Waals surface area contributed by atoms with Crippen molar-refractivity contribution in [3.8, 4) is 0 Å². The second kappa shape index (κ2) is 6.15. The van der Waals surface area contributed by atoms with Crippen molar-refractivity contribution in [2.24, 2.45) is 0 Å². The third-order valence-corrected chi connectivity index (χ3v) is 3.76. The molecule has 0 bridgehead atoms. The standard InChI is InChI=1S/C15H18F3NO2/c1-10(20)6-7-19-9-13(21)8-14(19)11-2-4-12(5-3-11)15(16,17)18/h2-5,13-14,21H,6-9H2,1H3. The molecule has 1 heterocycles. The number of β-amino-alcohol motifs (C(OH)–C–C–N with tert-alkyl or cyclic N) is 1. The summed E-state index contributed by atoms with van der Waals surface area (Å²) in [5, 5.41) is 9.77. The number of ketones is 1. The van der Waals surface area contributed by atoms with E-state index in [-0.39, 0.29) is 11.8 Å². The molecule has 1 aliphatic rings. The van der Waals surface area contributed by atoms with Crippen molar-refractivity contribution in [1.29, 1.82) is 0 Å². The first-order valence-electron chi connectivity index (χ1n) is 6.86. The third-order valence-electron chi connectivity index (χ3n) is 3.76. The summed E-state index contributed by atoms with van der Waals surface area (Å²) >= 11 is 0. The van der Waals surface area contributed by atoms with Crippen LogP contribution in [0.5, 0.6) is 0 Å². The first-order chi connectivity index (χ1) is 9.77. The lowest BCUT2D eigenvalue weighted by Crippen LogP contribution is -2.27. The molecule has 1 saturated heterocycles. The monoisotopic (exact) mass is 301 g/mol. The van der Waals surface area contributed by atoms with Crippen LogP contribution in [0.1, 0.15) is 36.9 Å². The Morgan fingerprint density at radius 2 is 1.95 bits per heavy atom. The Hall–Kier alpha value is -1.40. The molecule has 0 amide bonds. The molecule has 0 saturated carbocycles. The van der Waals surface area contributed by atoms with Crippen molar-refractivity contribution in [1.82, 2.24) is 4.90 Å². The maximum absolute atomic E-state index is 12.6. The predicted molar refractivity (Wildman–Crippen MR) is 71.7 cm³/mol. The Balaban J connectivity index is 2.13. The summed E-state index contributed by atoms with van der Waals surface area (Å²) in [6.45, 7) is 2.46. The number of rotatable bonds is 4. The fraction of sp³-hybridized carbons (Fsp3) is 0.533. The molecule has 1 N–H and O–H groups in total. The van der Waals surface area contributed by atoms with Crippen LogP contribution in [0, 0.1) is 0 Å². The van der Waals surface area contributed by atoms with Crippen LogP contribution >= 0.6 is 0 Å². The highest BCUT2D eigenvalue weighted by atomic mass is 19.4. The number of carbonyl (C=O) groups excluding carboxylic acids is 1. The zero-order chi connectivity index (χ0) is 15.6. The minimum atomic E-state index is -4.35. The van der Waals surface area contributed by atoms with Crippen LogP contribution in [0.25, 0.3) is 0 Å². The van der Waals surface area contributed by atoms with Crippen LogP contribution < -0.4 is 0 Å². The van der Waals surface area contributed by atoms with Gasteiger partial charge in [0.15, 0.2) is 0 Å². The smallest absolute Gasteiger partial charge is 0.392 e. The van der Waals surface area contributed by atoms with E-state index in [0.29, 0.717) is 25.9 Å². The average molecular weight is 301 g/mol. The Kier molecular flexibility index (Phi) is 4.68. The quantitative estimate of drug-likeness (QED) is 0.929.